The highest BCUT2D eigenvalue weighted by atomic mass is 32.1. The van der Waals surface area contributed by atoms with Crippen LogP contribution in [0.4, 0.5) is 17.1 Å². The minimum atomic E-state index is -0.581. The smallest absolute Gasteiger partial charge is 0.181 e. The number of hydrogen-bond acceptors (Lipinski definition) is 5. The molecule has 5 heteroatoms. The van der Waals surface area contributed by atoms with Crippen molar-refractivity contribution in [3.05, 3.63) is 210 Å². The molecule has 9 rings (SSSR count). The van der Waals surface area contributed by atoms with E-state index >= 15 is 0 Å². The van der Waals surface area contributed by atoms with Gasteiger partial charge in [-0.3, -0.25) is 9.97 Å². The van der Waals surface area contributed by atoms with Crippen molar-refractivity contribution in [2.75, 3.05) is 4.90 Å². The number of thiophene rings is 1. The molecule has 0 amide bonds. The molecular formula is C45H31N3OS. The number of rotatable bonds is 8. The lowest BCUT2D eigenvalue weighted by Crippen LogP contribution is -2.29. The molecule has 50 heavy (non-hydrogen) atoms. The van der Waals surface area contributed by atoms with Crippen LogP contribution in [0.1, 0.15) is 22.4 Å². The number of fused-ring (bicyclic) bond motifs is 3. The van der Waals surface area contributed by atoms with Crippen LogP contribution in [0.2, 0.25) is 0 Å². The van der Waals surface area contributed by atoms with Crippen molar-refractivity contribution in [2.24, 2.45) is 0 Å². The van der Waals surface area contributed by atoms with Gasteiger partial charge in [0.05, 0.1) is 16.8 Å². The third-order valence-electron chi connectivity index (χ3n) is 9.39. The zero-order chi connectivity index (χ0) is 33.3. The van der Waals surface area contributed by atoms with Crippen molar-refractivity contribution in [3.8, 4) is 33.2 Å². The highest BCUT2D eigenvalue weighted by molar-refractivity contribution is 7.12. The third kappa shape index (κ3) is 5.07. The molecule has 0 saturated carbocycles. The van der Waals surface area contributed by atoms with Crippen LogP contribution in [-0.2, 0) is 5.41 Å². The molecular weight excluding hydrogens is 631 g/mol. The van der Waals surface area contributed by atoms with E-state index in [1.807, 2.05) is 36.7 Å². The zero-order valence-electron chi connectivity index (χ0n) is 27.1. The van der Waals surface area contributed by atoms with Crippen molar-refractivity contribution in [1.82, 2.24) is 9.97 Å². The molecule has 0 unspecified atom stereocenters. The maximum absolute atomic E-state index is 6.61. The lowest BCUT2D eigenvalue weighted by Gasteiger charge is -2.32. The summed E-state index contributed by atoms with van der Waals surface area (Å²) in [7, 11) is 0. The van der Waals surface area contributed by atoms with Gasteiger partial charge in [-0.05, 0) is 88.5 Å². The highest BCUT2D eigenvalue weighted by Crippen LogP contribution is 2.56. The summed E-state index contributed by atoms with van der Waals surface area (Å²) in [5, 5.41) is 2.91. The van der Waals surface area contributed by atoms with Gasteiger partial charge < -0.3 is 9.64 Å². The fourth-order valence-corrected chi connectivity index (χ4v) is 8.06. The summed E-state index contributed by atoms with van der Waals surface area (Å²) < 4.78 is 6.61. The predicted molar refractivity (Wildman–Crippen MR) is 204 cm³/mol. The molecule has 0 fully saturated rings. The Hall–Kier alpha value is -6.30. The van der Waals surface area contributed by atoms with Crippen LogP contribution >= 0.6 is 11.3 Å². The minimum Gasteiger partial charge on any atom is -0.447 e. The van der Waals surface area contributed by atoms with Crippen LogP contribution in [0.3, 0.4) is 0 Å². The van der Waals surface area contributed by atoms with Crippen LogP contribution in [-0.4, -0.2) is 9.97 Å². The summed E-state index contributed by atoms with van der Waals surface area (Å²) in [6, 6.07) is 59.1. The molecule has 0 saturated heterocycles. The number of benzene rings is 5. The van der Waals surface area contributed by atoms with Gasteiger partial charge >= 0.3 is 0 Å². The standard InChI is InChI=1S/C45H31N3OS/c1-3-15-34(16-4-1)48(35-17-5-2-6-18-35)36-25-27-46-42(30-36)32-28-44(50-31-32)49-37-19-13-14-33(29-37)45(43-24-11-12-26-47-43)40-22-9-7-20-38(40)39-21-8-10-23-41(39)45/h1-31H. The van der Waals surface area contributed by atoms with Crippen molar-refractivity contribution in [2.45, 2.75) is 5.41 Å². The molecule has 4 nitrogen and oxygen atoms in total. The molecule has 8 aromatic rings. The molecule has 0 radical (unpaired) electrons. The van der Waals surface area contributed by atoms with Gasteiger partial charge in [-0.25, -0.2) is 0 Å². The fourth-order valence-electron chi connectivity index (χ4n) is 7.29. The van der Waals surface area contributed by atoms with Gasteiger partial charge in [-0.15, -0.1) is 11.3 Å². The summed E-state index contributed by atoms with van der Waals surface area (Å²) in [4.78, 5) is 12.0. The maximum atomic E-state index is 6.61. The number of hydrogen-bond donors (Lipinski definition) is 0. The maximum Gasteiger partial charge on any atom is 0.181 e. The summed E-state index contributed by atoms with van der Waals surface area (Å²) in [5.74, 6) is 0.772. The molecule has 1 aliphatic rings. The molecule has 3 aromatic heterocycles. The lowest BCUT2D eigenvalue weighted by atomic mass is 9.70. The fraction of sp³-hybridized carbons (Fsp3) is 0.0222. The zero-order valence-corrected chi connectivity index (χ0v) is 27.9. The number of aromatic nitrogens is 2. The van der Waals surface area contributed by atoms with E-state index in [9.17, 15) is 0 Å². The molecule has 0 spiro atoms. The van der Waals surface area contributed by atoms with Gasteiger partial charge in [0.15, 0.2) is 5.06 Å². The monoisotopic (exact) mass is 661 g/mol. The Kier molecular flexibility index (Phi) is 7.52. The van der Waals surface area contributed by atoms with Crippen molar-refractivity contribution >= 4 is 28.4 Å². The van der Waals surface area contributed by atoms with E-state index < -0.39 is 5.41 Å². The summed E-state index contributed by atoms with van der Waals surface area (Å²) in [6.07, 6.45) is 3.76. The van der Waals surface area contributed by atoms with E-state index in [0.717, 1.165) is 50.4 Å². The second-order valence-corrected chi connectivity index (χ2v) is 13.1. The molecule has 1 aliphatic carbocycles. The van der Waals surface area contributed by atoms with Gasteiger partial charge in [-0.2, -0.15) is 0 Å². The Balaban J connectivity index is 1.07. The number of anilines is 3. The number of nitrogens with zero attached hydrogens (tertiary/aromatic N) is 3. The molecule has 0 bridgehead atoms. The van der Waals surface area contributed by atoms with Crippen LogP contribution in [0.25, 0.3) is 22.4 Å². The van der Waals surface area contributed by atoms with Gasteiger partial charge in [-0.1, -0.05) is 103 Å². The van der Waals surface area contributed by atoms with E-state index in [-0.39, 0.29) is 0 Å². The quantitative estimate of drug-likeness (QED) is 0.162. The molecule has 0 atom stereocenters. The van der Waals surface area contributed by atoms with Crippen molar-refractivity contribution in [1.29, 1.82) is 0 Å². The first-order chi connectivity index (χ1) is 24.8. The first kappa shape index (κ1) is 29.8. The van der Waals surface area contributed by atoms with E-state index in [1.165, 1.54) is 22.3 Å². The number of ether oxygens (including phenoxy) is 1. The highest BCUT2D eigenvalue weighted by Gasteiger charge is 2.47. The van der Waals surface area contributed by atoms with E-state index in [0.29, 0.717) is 0 Å². The van der Waals surface area contributed by atoms with Crippen molar-refractivity contribution in [3.63, 3.8) is 0 Å². The third-order valence-corrected chi connectivity index (χ3v) is 10.2. The topological polar surface area (TPSA) is 38.2 Å². The number of pyridine rings is 2. The molecule has 0 N–H and O–H groups in total. The first-order valence-corrected chi connectivity index (χ1v) is 17.5. The van der Waals surface area contributed by atoms with Gasteiger partial charge in [0.25, 0.3) is 0 Å². The molecule has 238 valence electrons. The Morgan fingerprint density at radius 3 is 1.86 bits per heavy atom. The Morgan fingerprint density at radius 2 is 1.18 bits per heavy atom. The Labute approximate surface area is 295 Å². The van der Waals surface area contributed by atoms with Gasteiger partial charge in [0.2, 0.25) is 0 Å². The summed E-state index contributed by atoms with van der Waals surface area (Å²) in [6.45, 7) is 0. The van der Waals surface area contributed by atoms with Crippen LogP contribution in [0.5, 0.6) is 10.8 Å². The van der Waals surface area contributed by atoms with Gasteiger partial charge in [0, 0.05) is 46.5 Å². The largest absolute Gasteiger partial charge is 0.447 e. The molecule has 3 heterocycles. The predicted octanol–water partition coefficient (Wildman–Crippen LogP) is 11.8. The second kappa shape index (κ2) is 12.6. The second-order valence-electron chi connectivity index (χ2n) is 12.2. The molecule has 5 aromatic carbocycles. The summed E-state index contributed by atoms with van der Waals surface area (Å²) in [5.41, 5.74) is 11.5. The van der Waals surface area contributed by atoms with Crippen LogP contribution < -0.4 is 9.64 Å². The lowest BCUT2D eigenvalue weighted by molar-refractivity contribution is 0.495. The Bertz CT molecular complexity index is 2340. The molecule has 0 aliphatic heterocycles. The van der Waals surface area contributed by atoms with E-state index in [4.69, 9.17) is 14.7 Å². The average Bonchev–Trinajstić information content (AvgIpc) is 3.78. The Morgan fingerprint density at radius 1 is 0.520 bits per heavy atom. The van der Waals surface area contributed by atoms with E-state index in [1.54, 1.807) is 11.3 Å². The summed E-state index contributed by atoms with van der Waals surface area (Å²) >= 11 is 1.57. The van der Waals surface area contributed by atoms with Crippen LogP contribution in [0, 0.1) is 0 Å². The normalized spacial score (nSPS) is 12.6. The van der Waals surface area contributed by atoms with Crippen molar-refractivity contribution < 1.29 is 4.74 Å². The minimum absolute atomic E-state index is 0.581. The number of para-hydroxylation sites is 2. The van der Waals surface area contributed by atoms with E-state index in [2.05, 4.69) is 156 Å². The average molecular weight is 662 g/mol. The SMILES string of the molecule is c1ccc(N(c2ccccc2)c2ccnc(-c3csc(Oc4cccc(C5(c6ccccn6)c6ccccc6-c6ccccc65)c4)c3)c2)cc1. The first-order valence-electron chi connectivity index (χ1n) is 16.6. The van der Waals surface area contributed by atoms with Gasteiger partial charge in [0.1, 0.15) is 5.75 Å². The van der Waals surface area contributed by atoms with Crippen LogP contribution in [0.15, 0.2) is 188 Å².